The van der Waals surface area contributed by atoms with Gasteiger partial charge >= 0.3 is 17.9 Å². The monoisotopic (exact) mass is 822 g/mol. The number of unbranched alkanes of at least 4 members (excludes halogenated alkanes) is 20. The third-order valence-electron chi connectivity index (χ3n) is 11.1. The number of ether oxygens (including phenoxy) is 3. The lowest BCUT2D eigenvalue weighted by atomic mass is 9.94. The van der Waals surface area contributed by atoms with Gasteiger partial charge in [-0.2, -0.15) is 0 Å². The van der Waals surface area contributed by atoms with Gasteiger partial charge in [0.25, 0.3) is 0 Å². The lowest BCUT2D eigenvalue weighted by Gasteiger charge is -2.19. The van der Waals surface area contributed by atoms with Gasteiger partial charge in [0.1, 0.15) is 11.9 Å². The van der Waals surface area contributed by atoms with Crippen LogP contribution in [0.3, 0.4) is 0 Å². The van der Waals surface area contributed by atoms with Gasteiger partial charge in [-0.1, -0.05) is 170 Å². The third-order valence-corrected chi connectivity index (χ3v) is 11.1. The Bertz CT molecular complexity index is 905. The van der Waals surface area contributed by atoms with E-state index in [0.29, 0.717) is 13.2 Å². The van der Waals surface area contributed by atoms with Crippen molar-refractivity contribution in [3.8, 4) is 0 Å². The van der Waals surface area contributed by atoms with Gasteiger partial charge < -0.3 is 14.2 Å². The Balaban J connectivity index is 0. The van der Waals surface area contributed by atoms with Crippen LogP contribution in [0.15, 0.2) is 5.11 Å². The summed E-state index contributed by atoms with van der Waals surface area (Å²) < 4.78 is 17.4. The molecule has 9 nitrogen and oxygen atoms in total. The summed E-state index contributed by atoms with van der Waals surface area (Å²) in [5.74, 6) is -0.533. The maximum atomic E-state index is 13.0. The van der Waals surface area contributed by atoms with Gasteiger partial charge in [0, 0.05) is 6.42 Å². The molecule has 2 N–H and O–H groups in total. The highest BCUT2D eigenvalue weighted by atomic mass is 16.5. The molecular formula is C49H95N3O6. The van der Waals surface area contributed by atoms with Gasteiger partial charge in [0.15, 0.2) is 0 Å². The molecule has 0 heterocycles. The van der Waals surface area contributed by atoms with Gasteiger partial charge in [-0.15, -0.1) is 5.11 Å². The summed E-state index contributed by atoms with van der Waals surface area (Å²) in [6, 6.07) is 0. The molecule has 2 unspecified atom stereocenters. The maximum Gasteiger partial charge on any atom is 0.308 e. The molecule has 0 rings (SSSR count). The minimum Gasteiger partial charge on any atom is -0.465 e. The van der Waals surface area contributed by atoms with E-state index in [9.17, 15) is 14.4 Å². The van der Waals surface area contributed by atoms with Crippen molar-refractivity contribution in [3.05, 3.63) is 0 Å². The van der Waals surface area contributed by atoms with E-state index in [1.165, 1.54) is 103 Å². The zero-order chi connectivity index (χ0) is 43.3. The van der Waals surface area contributed by atoms with Crippen LogP contribution in [0, 0.1) is 22.8 Å². The predicted molar refractivity (Wildman–Crippen MR) is 243 cm³/mol. The molecule has 0 aromatic rings. The van der Waals surface area contributed by atoms with Crippen LogP contribution in [0.4, 0.5) is 0 Å². The Morgan fingerprint density at radius 1 is 0.448 bits per heavy atom. The van der Waals surface area contributed by atoms with Crippen molar-refractivity contribution < 1.29 is 28.6 Å². The summed E-state index contributed by atoms with van der Waals surface area (Å²) in [4.78, 5) is 38.7. The van der Waals surface area contributed by atoms with Crippen LogP contribution in [-0.4, -0.2) is 43.1 Å². The molecular weight excluding hydrogens is 727 g/mol. The van der Waals surface area contributed by atoms with Crippen molar-refractivity contribution in [1.29, 1.82) is 10.9 Å². The zero-order valence-electron chi connectivity index (χ0n) is 39.1. The SMILES string of the molecule is CC.CCCCCCCCC(CCCCCC)C(=O)OCCCCCC(CCCCCOC(=O)C(CCCCCC)CCCCCCCC)OC(=O)CCC(=N)N=N. The first-order valence-corrected chi connectivity index (χ1v) is 24.8. The lowest BCUT2D eigenvalue weighted by molar-refractivity contribution is -0.151. The normalized spacial score (nSPS) is 12.5. The molecule has 0 aromatic heterocycles. The molecule has 0 aromatic carbocycles. The molecule has 342 valence electrons. The minimum atomic E-state index is -0.364. The number of esters is 3. The van der Waals surface area contributed by atoms with Crippen molar-refractivity contribution >= 4 is 23.7 Å². The van der Waals surface area contributed by atoms with Crippen molar-refractivity contribution in [2.75, 3.05) is 13.2 Å². The second kappa shape index (κ2) is 45.8. The highest BCUT2D eigenvalue weighted by Crippen LogP contribution is 2.23. The molecule has 58 heavy (non-hydrogen) atoms. The first kappa shape index (κ1) is 57.8. The first-order chi connectivity index (χ1) is 28.3. The number of nitrogens with zero attached hydrogens (tertiary/aromatic N) is 1. The van der Waals surface area contributed by atoms with Crippen molar-refractivity contribution in [2.45, 2.75) is 266 Å². The fourth-order valence-electron chi connectivity index (χ4n) is 7.40. The molecule has 0 saturated heterocycles. The molecule has 0 spiro atoms. The van der Waals surface area contributed by atoms with Gasteiger partial charge in [-0.25, -0.2) is 5.53 Å². The van der Waals surface area contributed by atoms with Gasteiger partial charge in [-0.3, -0.25) is 19.8 Å². The summed E-state index contributed by atoms with van der Waals surface area (Å²) in [7, 11) is 0. The summed E-state index contributed by atoms with van der Waals surface area (Å²) in [5.41, 5.74) is 6.98. The predicted octanol–water partition coefficient (Wildman–Crippen LogP) is 15.6. The van der Waals surface area contributed by atoms with Crippen LogP contribution in [0.25, 0.3) is 0 Å². The Kier molecular flexibility index (Phi) is 45.6. The molecule has 0 bridgehead atoms. The number of hydrogen-bond acceptors (Lipinski definition) is 8. The zero-order valence-corrected chi connectivity index (χ0v) is 39.1. The highest BCUT2D eigenvalue weighted by molar-refractivity contribution is 5.83. The van der Waals surface area contributed by atoms with Crippen LogP contribution in [0.2, 0.25) is 0 Å². The largest absolute Gasteiger partial charge is 0.465 e. The van der Waals surface area contributed by atoms with Crippen LogP contribution in [-0.2, 0) is 28.6 Å². The Morgan fingerprint density at radius 2 is 0.759 bits per heavy atom. The summed E-state index contributed by atoms with van der Waals surface area (Å²) in [6.07, 6.45) is 34.2. The third kappa shape index (κ3) is 37.9. The van der Waals surface area contributed by atoms with E-state index >= 15 is 0 Å². The average Bonchev–Trinajstić information content (AvgIpc) is 3.23. The smallest absolute Gasteiger partial charge is 0.308 e. The number of nitrogens with one attached hydrogen (secondary N) is 2. The van der Waals surface area contributed by atoms with Gasteiger partial charge in [0.2, 0.25) is 0 Å². The molecule has 0 fully saturated rings. The Morgan fingerprint density at radius 3 is 1.12 bits per heavy atom. The molecule has 2 atom stereocenters. The summed E-state index contributed by atoms with van der Waals surface area (Å²) >= 11 is 0. The maximum absolute atomic E-state index is 13.0. The molecule has 0 saturated carbocycles. The minimum absolute atomic E-state index is 0.0109. The second-order valence-corrected chi connectivity index (χ2v) is 16.4. The summed E-state index contributed by atoms with van der Waals surface area (Å²) in [6.45, 7) is 13.8. The molecule has 0 radical (unpaired) electrons. The van der Waals surface area contributed by atoms with Crippen molar-refractivity contribution in [3.63, 3.8) is 0 Å². The van der Waals surface area contributed by atoms with E-state index in [-0.39, 0.29) is 54.5 Å². The fourth-order valence-corrected chi connectivity index (χ4v) is 7.40. The van der Waals surface area contributed by atoms with Gasteiger partial charge in [-0.05, 0) is 77.0 Å². The van der Waals surface area contributed by atoms with Crippen molar-refractivity contribution in [2.24, 2.45) is 17.0 Å². The van der Waals surface area contributed by atoms with E-state index in [4.69, 9.17) is 25.2 Å². The van der Waals surface area contributed by atoms with E-state index in [0.717, 1.165) is 103 Å². The topological polar surface area (TPSA) is 139 Å². The Hall–Kier alpha value is -2.32. The van der Waals surface area contributed by atoms with Crippen LogP contribution >= 0.6 is 0 Å². The molecule has 0 aliphatic rings. The number of hydrogen-bond donors (Lipinski definition) is 2. The van der Waals surface area contributed by atoms with Crippen LogP contribution in [0.1, 0.15) is 260 Å². The molecule has 0 amide bonds. The summed E-state index contributed by atoms with van der Waals surface area (Å²) in [5, 5.41) is 10.7. The number of carbonyl (C=O) groups is 3. The molecule has 0 aliphatic heterocycles. The first-order valence-electron chi connectivity index (χ1n) is 24.8. The van der Waals surface area contributed by atoms with E-state index in [2.05, 4.69) is 32.8 Å². The van der Waals surface area contributed by atoms with E-state index in [1.54, 1.807) is 0 Å². The standard InChI is InChI=1S/C47H89N3O6.C2H6/c1-5-9-13-17-19-25-33-41(31-23-15-11-7-3)46(52)54-39-29-21-27-35-43(56-45(51)38-37-44(48)50-49)36-28-22-30-40-55-47(53)42(32-24-16-12-8-4)34-26-20-18-14-10-6-2;1-2/h41-43,48-49H,5-40H2,1-4H3;1-2H3. The Labute approximate surface area is 358 Å². The quantitative estimate of drug-likeness (QED) is 0.0157. The lowest BCUT2D eigenvalue weighted by Crippen LogP contribution is -2.20. The number of amidine groups is 1. The van der Waals surface area contributed by atoms with Gasteiger partial charge in [0.05, 0.1) is 31.5 Å². The van der Waals surface area contributed by atoms with Crippen LogP contribution < -0.4 is 0 Å². The molecule has 0 aliphatic carbocycles. The van der Waals surface area contributed by atoms with Crippen molar-refractivity contribution in [1.82, 2.24) is 0 Å². The fraction of sp³-hybridized carbons (Fsp3) is 0.918. The number of carbonyl (C=O) groups excluding carboxylic acids is 3. The van der Waals surface area contributed by atoms with E-state index in [1.807, 2.05) is 13.8 Å². The molecule has 9 heteroatoms. The van der Waals surface area contributed by atoms with Crippen LogP contribution in [0.5, 0.6) is 0 Å². The average molecular weight is 822 g/mol. The highest BCUT2D eigenvalue weighted by Gasteiger charge is 2.21. The van der Waals surface area contributed by atoms with E-state index < -0.39 is 0 Å². The second-order valence-electron chi connectivity index (χ2n) is 16.4. The number of rotatable bonds is 42.